The van der Waals surface area contributed by atoms with Gasteiger partial charge >= 0.3 is 0 Å². The summed E-state index contributed by atoms with van der Waals surface area (Å²) in [5.41, 5.74) is 1.07. The van der Waals surface area contributed by atoms with Crippen molar-refractivity contribution in [1.29, 1.82) is 0 Å². The number of hydrogen-bond acceptors (Lipinski definition) is 3. The first kappa shape index (κ1) is 16.9. The van der Waals surface area contributed by atoms with Gasteiger partial charge in [0.1, 0.15) is 11.5 Å². The van der Waals surface area contributed by atoms with E-state index in [2.05, 4.69) is 5.32 Å². The van der Waals surface area contributed by atoms with Crippen LogP contribution in [0.15, 0.2) is 71.6 Å². The number of benzene rings is 1. The molecular formula is C20H22N2O3. The van der Waals surface area contributed by atoms with Crippen LogP contribution in [-0.4, -0.2) is 24.1 Å². The Hall–Kier alpha value is -2.95. The van der Waals surface area contributed by atoms with Crippen LogP contribution in [0.25, 0.3) is 0 Å². The first-order valence-electron chi connectivity index (χ1n) is 8.32. The minimum atomic E-state index is -0.0514. The molecule has 0 fully saturated rings. The van der Waals surface area contributed by atoms with Crippen molar-refractivity contribution in [3.05, 3.63) is 78.5 Å². The molecule has 1 N–H and O–H groups in total. The molecular weight excluding hydrogens is 316 g/mol. The van der Waals surface area contributed by atoms with Crippen molar-refractivity contribution in [1.82, 2.24) is 9.88 Å². The van der Waals surface area contributed by atoms with Gasteiger partial charge in [0.05, 0.1) is 25.8 Å². The van der Waals surface area contributed by atoms with Gasteiger partial charge in [-0.15, -0.1) is 0 Å². The van der Waals surface area contributed by atoms with Gasteiger partial charge in [-0.2, -0.15) is 0 Å². The highest BCUT2D eigenvalue weighted by molar-refractivity contribution is 5.76. The van der Waals surface area contributed by atoms with Crippen LogP contribution in [0, 0.1) is 0 Å². The average molecular weight is 338 g/mol. The number of methoxy groups -OCH3 is 1. The summed E-state index contributed by atoms with van der Waals surface area (Å²) in [6, 6.07) is 15.5. The van der Waals surface area contributed by atoms with Gasteiger partial charge in [-0.05, 0) is 42.0 Å². The number of amides is 1. The number of rotatable bonds is 8. The standard InChI is InChI=1S/C20H22N2O3/c1-24-17-8-6-16(7-9-17)19(22-12-2-3-13-22)15-20(23)21-11-10-18-5-4-14-25-18/h2-9,12-14,19H,10-11,15H2,1H3,(H,21,23)/t19-/m0/s1. The molecule has 0 spiro atoms. The van der Waals surface area contributed by atoms with Crippen molar-refractivity contribution in [3.8, 4) is 5.75 Å². The lowest BCUT2D eigenvalue weighted by molar-refractivity contribution is -0.121. The molecule has 0 saturated carbocycles. The Balaban J connectivity index is 1.64. The quantitative estimate of drug-likeness (QED) is 0.685. The summed E-state index contributed by atoms with van der Waals surface area (Å²) in [6.07, 6.45) is 6.66. The number of carbonyl (C=O) groups excluding carboxylic acids is 1. The van der Waals surface area contributed by atoms with Crippen LogP contribution < -0.4 is 10.1 Å². The summed E-state index contributed by atoms with van der Waals surface area (Å²) in [6.45, 7) is 0.563. The third-order valence-corrected chi connectivity index (χ3v) is 4.14. The van der Waals surface area contributed by atoms with E-state index in [1.54, 1.807) is 13.4 Å². The van der Waals surface area contributed by atoms with Gasteiger partial charge in [-0.1, -0.05) is 12.1 Å². The van der Waals surface area contributed by atoms with Gasteiger partial charge in [-0.3, -0.25) is 4.79 Å². The Morgan fingerprint density at radius 3 is 2.56 bits per heavy atom. The van der Waals surface area contributed by atoms with Gasteiger partial charge < -0.3 is 19.0 Å². The second-order valence-corrected chi connectivity index (χ2v) is 5.80. The maximum atomic E-state index is 12.4. The fourth-order valence-electron chi connectivity index (χ4n) is 2.80. The van der Waals surface area contributed by atoms with Crippen molar-refractivity contribution in [2.24, 2.45) is 0 Å². The van der Waals surface area contributed by atoms with E-state index in [1.807, 2.05) is 65.5 Å². The molecule has 1 amide bonds. The van der Waals surface area contributed by atoms with E-state index >= 15 is 0 Å². The van der Waals surface area contributed by atoms with E-state index in [0.29, 0.717) is 19.4 Å². The van der Waals surface area contributed by atoms with Crippen LogP contribution in [0.2, 0.25) is 0 Å². The Labute approximate surface area is 147 Å². The van der Waals surface area contributed by atoms with Crippen LogP contribution >= 0.6 is 0 Å². The zero-order chi connectivity index (χ0) is 17.5. The maximum Gasteiger partial charge on any atom is 0.222 e. The first-order chi connectivity index (χ1) is 12.3. The predicted molar refractivity (Wildman–Crippen MR) is 95.6 cm³/mol. The Bertz CT molecular complexity index is 762. The summed E-state index contributed by atoms with van der Waals surface area (Å²) < 4.78 is 12.5. The van der Waals surface area contributed by atoms with E-state index in [-0.39, 0.29) is 11.9 Å². The van der Waals surface area contributed by atoms with Crippen molar-refractivity contribution in [2.45, 2.75) is 18.9 Å². The Morgan fingerprint density at radius 2 is 1.92 bits per heavy atom. The fraction of sp³-hybridized carbons (Fsp3) is 0.250. The molecule has 1 aromatic carbocycles. The van der Waals surface area contributed by atoms with Crippen molar-refractivity contribution in [3.63, 3.8) is 0 Å². The Kier molecular flexibility index (Phi) is 5.57. The summed E-state index contributed by atoms with van der Waals surface area (Å²) in [5.74, 6) is 1.69. The Morgan fingerprint density at radius 1 is 1.16 bits per heavy atom. The number of furan rings is 1. The molecule has 5 heteroatoms. The molecule has 3 aromatic rings. The van der Waals surface area contributed by atoms with Crippen LogP contribution in [0.3, 0.4) is 0 Å². The molecule has 130 valence electrons. The number of ether oxygens (including phenoxy) is 1. The lowest BCUT2D eigenvalue weighted by Crippen LogP contribution is -2.28. The molecule has 0 saturated heterocycles. The zero-order valence-electron chi connectivity index (χ0n) is 14.2. The molecule has 2 heterocycles. The monoisotopic (exact) mass is 338 g/mol. The van der Waals surface area contributed by atoms with Crippen molar-refractivity contribution in [2.75, 3.05) is 13.7 Å². The molecule has 0 aliphatic carbocycles. The largest absolute Gasteiger partial charge is 0.497 e. The smallest absolute Gasteiger partial charge is 0.222 e. The SMILES string of the molecule is COc1ccc([C@H](CC(=O)NCCc2ccco2)n2cccc2)cc1. The molecule has 0 aliphatic heterocycles. The van der Waals surface area contributed by atoms with Crippen LogP contribution in [0.4, 0.5) is 0 Å². The third kappa shape index (κ3) is 4.53. The lowest BCUT2D eigenvalue weighted by Gasteiger charge is -2.19. The molecule has 1 atom stereocenters. The zero-order valence-corrected chi connectivity index (χ0v) is 14.2. The second kappa shape index (κ2) is 8.24. The van der Waals surface area contributed by atoms with Crippen LogP contribution in [-0.2, 0) is 11.2 Å². The highest BCUT2D eigenvalue weighted by Gasteiger charge is 2.17. The highest BCUT2D eigenvalue weighted by Crippen LogP contribution is 2.24. The maximum absolute atomic E-state index is 12.4. The van der Waals surface area contributed by atoms with Gasteiger partial charge in [-0.25, -0.2) is 0 Å². The van der Waals surface area contributed by atoms with Gasteiger partial charge in [0, 0.05) is 25.4 Å². The van der Waals surface area contributed by atoms with E-state index in [1.165, 1.54) is 0 Å². The van der Waals surface area contributed by atoms with Gasteiger partial charge in [0.15, 0.2) is 0 Å². The summed E-state index contributed by atoms with van der Waals surface area (Å²) in [4.78, 5) is 12.4. The molecule has 25 heavy (non-hydrogen) atoms. The fourth-order valence-corrected chi connectivity index (χ4v) is 2.80. The van der Waals surface area contributed by atoms with E-state index in [4.69, 9.17) is 9.15 Å². The van der Waals surface area contributed by atoms with Gasteiger partial charge in [0.2, 0.25) is 5.91 Å². The van der Waals surface area contributed by atoms with Crippen molar-refractivity contribution >= 4 is 5.91 Å². The van der Waals surface area contributed by atoms with Crippen LogP contribution in [0.1, 0.15) is 23.8 Å². The second-order valence-electron chi connectivity index (χ2n) is 5.80. The minimum absolute atomic E-state index is 0.0149. The number of hydrogen-bond donors (Lipinski definition) is 1. The number of carbonyl (C=O) groups is 1. The predicted octanol–water partition coefficient (Wildman–Crippen LogP) is 3.43. The number of aromatic nitrogens is 1. The van der Waals surface area contributed by atoms with Gasteiger partial charge in [0.25, 0.3) is 0 Å². The minimum Gasteiger partial charge on any atom is -0.497 e. The molecule has 5 nitrogen and oxygen atoms in total. The molecule has 0 unspecified atom stereocenters. The molecule has 2 aromatic heterocycles. The lowest BCUT2D eigenvalue weighted by atomic mass is 10.0. The first-order valence-corrected chi connectivity index (χ1v) is 8.32. The average Bonchev–Trinajstić information content (AvgIpc) is 3.34. The molecule has 3 rings (SSSR count). The normalized spacial score (nSPS) is 11.9. The highest BCUT2D eigenvalue weighted by atomic mass is 16.5. The van der Waals surface area contributed by atoms with E-state index < -0.39 is 0 Å². The molecule has 0 radical (unpaired) electrons. The van der Waals surface area contributed by atoms with E-state index in [0.717, 1.165) is 17.1 Å². The summed E-state index contributed by atoms with van der Waals surface area (Å²) in [5, 5.41) is 2.97. The molecule has 0 bridgehead atoms. The van der Waals surface area contributed by atoms with E-state index in [9.17, 15) is 4.79 Å². The third-order valence-electron chi connectivity index (χ3n) is 4.14. The van der Waals surface area contributed by atoms with Crippen molar-refractivity contribution < 1.29 is 13.9 Å². The van der Waals surface area contributed by atoms with Crippen LogP contribution in [0.5, 0.6) is 5.75 Å². The number of nitrogens with zero attached hydrogens (tertiary/aromatic N) is 1. The summed E-state index contributed by atoms with van der Waals surface area (Å²) in [7, 11) is 1.64. The topological polar surface area (TPSA) is 56.4 Å². The number of nitrogens with one attached hydrogen (secondary N) is 1. The summed E-state index contributed by atoms with van der Waals surface area (Å²) >= 11 is 0. The molecule has 0 aliphatic rings.